The number of benzene rings is 5. The Bertz CT molecular complexity index is 1980. The van der Waals surface area contributed by atoms with E-state index in [0.717, 1.165) is 16.4 Å². The van der Waals surface area contributed by atoms with E-state index >= 15 is 0 Å². The summed E-state index contributed by atoms with van der Waals surface area (Å²) in [6.07, 6.45) is 1.75. The summed E-state index contributed by atoms with van der Waals surface area (Å²) in [5.41, 5.74) is 11.4. The molecule has 7 rings (SSSR count). The first kappa shape index (κ1) is 25.3. The number of aryl methyl sites for hydroxylation is 2. The summed E-state index contributed by atoms with van der Waals surface area (Å²) in [7, 11) is 1.94. The van der Waals surface area contributed by atoms with Crippen LogP contribution >= 0.6 is 0 Å². The van der Waals surface area contributed by atoms with Crippen LogP contribution in [0.5, 0.6) is 0 Å². The third-order valence-electron chi connectivity index (χ3n) is 8.83. The molecule has 1 heterocycles. The van der Waals surface area contributed by atoms with Gasteiger partial charge in [-0.1, -0.05) is 92.1 Å². The van der Waals surface area contributed by atoms with Crippen molar-refractivity contribution < 1.29 is 9.59 Å². The number of rotatable bonds is 2. The third-order valence-corrected chi connectivity index (χ3v) is 8.83. The van der Waals surface area contributed by atoms with Gasteiger partial charge in [-0.25, -0.2) is 0 Å². The number of hydrogen-bond acceptors (Lipinski definition) is 3. The number of para-hydroxylation sites is 2. The molecular weight excluding hydrogens is 501 g/mol. The van der Waals surface area contributed by atoms with Crippen LogP contribution in [0.1, 0.15) is 62.4 Å². The first-order valence-corrected chi connectivity index (χ1v) is 14.1. The van der Waals surface area contributed by atoms with Gasteiger partial charge in [0.15, 0.2) is 11.6 Å². The summed E-state index contributed by atoms with van der Waals surface area (Å²) in [6.45, 7) is 8.96. The van der Waals surface area contributed by atoms with E-state index in [2.05, 4.69) is 99.3 Å². The minimum absolute atomic E-state index is 0.193. The third kappa shape index (κ3) is 3.67. The van der Waals surface area contributed by atoms with Crippen LogP contribution in [0.25, 0.3) is 16.8 Å². The fraction of sp³-hybridized carbons (Fsp3) is 0.135. The molecule has 0 saturated carbocycles. The Morgan fingerprint density at radius 3 is 2.24 bits per heavy atom. The molecule has 0 radical (unpaired) electrons. The van der Waals surface area contributed by atoms with E-state index in [1.54, 1.807) is 12.1 Å². The summed E-state index contributed by atoms with van der Waals surface area (Å²) in [6, 6.07) is 31.3. The van der Waals surface area contributed by atoms with Crippen LogP contribution in [0.4, 0.5) is 17.1 Å². The lowest BCUT2D eigenvalue weighted by atomic mass is 9.71. The lowest BCUT2D eigenvalue weighted by molar-refractivity contribution is 0.0990. The Hall–Kier alpha value is -4.70. The Morgan fingerprint density at radius 1 is 0.732 bits per heavy atom. The number of nitrogens with zero attached hydrogens (tertiary/aromatic N) is 1. The summed E-state index contributed by atoms with van der Waals surface area (Å²) in [5.74, 6) is -0.390. The molecule has 5 aromatic rings. The monoisotopic (exact) mass is 531 g/mol. The molecule has 1 aliphatic heterocycles. The van der Waals surface area contributed by atoms with Crippen LogP contribution < -0.4 is 10.4 Å². The van der Waals surface area contributed by atoms with Crippen molar-refractivity contribution >= 4 is 58.8 Å². The van der Waals surface area contributed by atoms with Gasteiger partial charge in [0.25, 0.3) is 0 Å². The topological polar surface area (TPSA) is 37.4 Å². The number of fused-ring (bicyclic) bond motifs is 5. The van der Waals surface area contributed by atoms with Gasteiger partial charge in [0.2, 0.25) is 0 Å². The summed E-state index contributed by atoms with van der Waals surface area (Å²) >= 11 is 0. The second-order valence-corrected chi connectivity index (χ2v) is 11.9. The van der Waals surface area contributed by atoms with E-state index in [-0.39, 0.29) is 22.6 Å². The van der Waals surface area contributed by atoms with Gasteiger partial charge in [0.05, 0.1) is 22.6 Å². The average molecular weight is 531 g/mol. The van der Waals surface area contributed by atoms with Crippen LogP contribution in [0, 0.1) is 13.8 Å². The van der Waals surface area contributed by atoms with Crippen molar-refractivity contribution in [2.75, 3.05) is 4.90 Å². The first-order chi connectivity index (χ1) is 19.7. The van der Waals surface area contributed by atoms with Crippen LogP contribution in [-0.2, 0) is 5.41 Å². The largest absolute Gasteiger partial charge is 0.309 e. The Morgan fingerprint density at radius 2 is 1.46 bits per heavy atom. The minimum atomic E-state index is -0.241. The summed E-state index contributed by atoms with van der Waals surface area (Å²) < 4.78 is 0. The number of Topliss-reactive ketones (excluding diaryl/α,β-unsaturated/α-hetero) is 2. The zero-order valence-electron chi connectivity index (χ0n) is 24.0. The molecule has 0 unspecified atom stereocenters. The van der Waals surface area contributed by atoms with Gasteiger partial charge in [0, 0.05) is 16.5 Å². The smallest absolute Gasteiger partial charge is 0.197 e. The quantitative estimate of drug-likeness (QED) is 0.136. The van der Waals surface area contributed by atoms with Gasteiger partial charge in [-0.15, -0.1) is 0 Å². The maximum Gasteiger partial charge on any atom is 0.197 e. The molecular formula is C37H30BNO2. The van der Waals surface area contributed by atoms with E-state index in [9.17, 15) is 9.59 Å². The Kier molecular flexibility index (Phi) is 5.49. The molecule has 2 aliphatic rings. The van der Waals surface area contributed by atoms with Crippen LogP contribution in [-0.4, -0.2) is 19.4 Å². The van der Waals surface area contributed by atoms with Gasteiger partial charge >= 0.3 is 0 Å². The van der Waals surface area contributed by atoms with Crippen molar-refractivity contribution in [1.29, 1.82) is 0 Å². The highest BCUT2D eigenvalue weighted by Gasteiger charge is 2.39. The zero-order chi connectivity index (χ0) is 28.6. The predicted molar refractivity (Wildman–Crippen MR) is 171 cm³/mol. The zero-order valence-corrected chi connectivity index (χ0v) is 24.0. The molecule has 0 N–H and O–H groups in total. The lowest BCUT2D eigenvalue weighted by Gasteiger charge is -2.43. The van der Waals surface area contributed by atoms with Crippen molar-refractivity contribution in [3.63, 3.8) is 0 Å². The predicted octanol–water partition coefficient (Wildman–Crippen LogP) is 7.29. The lowest BCUT2D eigenvalue weighted by Crippen LogP contribution is -2.31. The highest BCUT2D eigenvalue weighted by Crippen LogP contribution is 2.54. The number of ketones is 2. The number of allylic oxidation sites excluding steroid dienone is 1. The van der Waals surface area contributed by atoms with E-state index < -0.39 is 0 Å². The van der Waals surface area contributed by atoms with Crippen molar-refractivity contribution in [2.45, 2.75) is 33.1 Å². The molecule has 0 amide bonds. The number of carbonyl (C=O) groups is 2. The summed E-state index contributed by atoms with van der Waals surface area (Å²) in [4.78, 5) is 28.7. The van der Waals surface area contributed by atoms with Crippen LogP contribution in [0.3, 0.4) is 0 Å². The van der Waals surface area contributed by atoms with Gasteiger partial charge in [0.1, 0.15) is 7.85 Å². The maximum atomic E-state index is 13.2. The molecule has 3 nitrogen and oxygen atoms in total. The molecule has 0 saturated heterocycles. The molecule has 0 aromatic heterocycles. The Labute approximate surface area is 241 Å². The Balaban J connectivity index is 1.41. The first-order valence-electron chi connectivity index (χ1n) is 14.1. The molecule has 0 spiro atoms. The fourth-order valence-corrected chi connectivity index (χ4v) is 6.87. The average Bonchev–Trinajstić information content (AvgIpc) is 3.18. The molecule has 0 fully saturated rings. The molecule has 5 aromatic carbocycles. The second-order valence-electron chi connectivity index (χ2n) is 11.9. The second kappa shape index (κ2) is 8.91. The molecule has 0 atom stereocenters. The molecule has 4 heteroatoms. The van der Waals surface area contributed by atoms with Gasteiger partial charge < -0.3 is 4.90 Å². The number of carbonyl (C=O) groups excluding carboxylic acids is 2. The van der Waals surface area contributed by atoms with E-state index in [0.29, 0.717) is 11.1 Å². The van der Waals surface area contributed by atoms with Crippen molar-refractivity contribution in [3.05, 3.63) is 136 Å². The molecule has 0 bridgehead atoms. The highest BCUT2D eigenvalue weighted by molar-refractivity contribution is 6.43. The van der Waals surface area contributed by atoms with E-state index in [4.69, 9.17) is 0 Å². The van der Waals surface area contributed by atoms with E-state index in [1.807, 2.05) is 26.0 Å². The molecule has 41 heavy (non-hydrogen) atoms. The van der Waals surface area contributed by atoms with Crippen LogP contribution in [0.15, 0.2) is 96.6 Å². The van der Waals surface area contributed by atoms with Crippen molar-refractivity contribution in [1.82, 2.24) is 0 Å². The van der Waals surface area contributed by atoms with Gasteiger partial charge in [-0.3, -0.25) is 9.59 Å². The van der Waals surface area contributed by atoms with Gasteiger partial charge in [-0.2, -0.15) is 0 Å². The van der Waals surface area contributed by atoms with Crippen molar-refractivity contribution in [3.8, 4) is 0 Å². The van der Waals surface area contributed by atoms with Crippen molar-refractivity contribution in [2.24, 2.45) is 0 Å². The number of anilines is 3. The SMILES string of the molecule is Bc1ccc2c(c1)C(=O)/C(=C\c1ccc3c4c(ccc3c1)N(c1c(C)cccc1C)c1ccccc1C4(C)C)C2=O. The number of hydrogen-bond donors (Lipinski definition) is 0. The van der Waals surface area contributed by atoms with Gasteiger partial charge in [-0.05, 0) is 76.7 Å². The maximum absolute atomic E-state index is 13.2. The molecule has 1 aliphatic carbocycles. The standard InChI is InChI=1S/C37H30BNO2/c1-21-8-7-9-22(2)34(21)39-31-11-6-5-10-30(31)37(3,4)33-26-15-12-23(18-24(26)13-17-32(33)39)19-29-35(40)27-16-14-25(38)20-28(27)36(29)41/h5-20H,38H2,1-4H3/b29-19-. The fourth-order valence-electron chi connectivity index (χ4n) is 6.87. The minimum Gasteiger partial charge on any atom is -0.309 e. The molecule has 198 valence electrons. The highest BCUT2D eigenvalue weighted by atomic mass is 16.2. The van der Waals surface area contributed by atoms with Crippen LogP contribution in [0.2, 0.25) is 0 Å². The van der Waals surface area contributed by atoms with E-state index in [1.165, 1.54) is 44.7 Å². The normalized spacial score (nSPS) is 16.2. The summed E-state index contributed by atoms with van der Waals surface area (Å²) in [5, 5.41) is 2.25.